The number of hydrogen-bond acceptors (Lipinski definition) is 3. The summed E-state index contributed by atoms with van der Waals surface area (Å²) in [5, 5.41) is 2.89. The molecule has 0 aromatic heterocycles. The van der Waals surface area contributed by atoms with Crippen molar-refractivity contribution >= 4 is 17.7 Å². The fourth-order valence-corrected chi connectivity index (χ4v) is 2.91. The normalized spacial score (nSPS) is 10.6. The summed E-state index contributed by atoms with van der Waals surface area (Å²) in [7, 11) is 0. The summed E-state index contributed by atoms with van der Waals surface area (Å²) in [6.45, 7) is 5.28. The number of rotatable bonds is 8. The molecular formula is C19H23NO2S. The van der Waals surface area contributed by atoms with Gasteiger partial charge in [-0.05, 0) is 29.7 Å². The Bertz CT molecular complexity index is 614. The molecule has 0 aliphatic rings. The summed E-state index contributed by atoms with van der Waals surface area (Å²) >= 11 is 1.54. The average Bonchev–Trinajstić information content (AvgIpc) is 2.58. The second-order valence-corrected chi connectivity index (χ2v) is 6.54. The van der Waals surface area contributed by atoms with Gasteiger partial charge in [-0.2, -0.15) is 0 Å². The Morgan fingerprint density at radius 3 is 2.52 bits per heavy atom. The Labute approximate surface area is 142 Å². The molecule has 1 amide bonds. The number of amides is 1. The van der Waals surface area contributed by atoms with Gasteiger partial charge in [0.25, 0.3) is 0 Å². The van der Waals surface area contributed by atoms with E-state index in [0.717, 1.165) is 10.6 Å². The number of nitrogens with one attached hydrogen (secondary N) is 1. The largest absolute Gasteiger partial charge is 0.491 e. The number of hydrogen-bond donors (Lipinski definition) is 1. The molecule has 0 bridgehead atoms. The van der Waals surface area contributed by atoms with Crippen LogP contribution in [0.1, 0.15) is 25.3 Å². The van der Waals surface area contributed by atoms with Gasteiger partial charge in [-0.3, -0.25) is 4.79 Å². The van der Waals surface area contributed by atoms with Gasteiger partial charge in [0.05, 0.1) is 12.3 Å². The van der Waals surface area contributed by atoms with Gasteiger partial charge in [0.15, 0.2) is 0 Å². The minimum absolute atomic E-state index is 0.0274. The van der Waals surface area contributed by atoms with E-state index >= 15 is 0 Å². The van der Waals surface area contributed by atoms with Crippen LogP contribution in [-0.2, 0) is 4.79 Å². The minimum Gasteiger partial charge on any atom is -0.491 e. The van der Waals surface area contributed by atoms with Crippen LogP contribution in [0.2, 0.25) is 0 Å². The van der Waals surface area contributed by atoms with Crippen LogP contribution in [0.5, 0.6) is 5.75 Å². The van der Waals surface area contributed by atoms with Crippen LogP contribution < -0.4 is 10.1 Å². The number of thioether (sulfide) groups is 1. The van der Waals surface area contributed by atoms with Crippen molar-refractivity contribution in [2.45, 2.75) is 24.7 Å². The van der Waals surface area contributed by atoms with Crippen LogP contribution in [0.15, 0.2) is 59.5 Å². The third-order valence-electron chi connectivity index (χ3n) is 3.34. The highest BCUT2D eigenvalue weighted by molar-refractivity contribution is 8.00. The van der Waals surface area contributed by atoms with Crippen LogP contribution in [0.3, 0.4) is 0 Å². The van der Waals surface area contributed by atoms with Crippen LogP contribution >= 0.6 is 11.8 Å². The highest BCUT2D eigenvalue weighted by Gasteiger charge is 2.07. The topological polar surface area (TPSA) is 38.3 Å². The fraction of sp³-hybridized carbons (Fsp3) is 0.316. The van der Waals surface area contributed by atoms with Gasteiger partial charge in [0.1, 0.15) is 12.4 Å². The minimum atomic E-state index is 0.0274. The summed E-state index contributed by atoms with van der Waals surface area (Å²) in [4.78, 5) is 12.9. The first kappa shape index (κ1) is 17.4. The lowest BCUT2D eigenvalue weighted by Crippen LogP contribution is -2.29. The molecule has 0 heterocycles. The lowest BCUT2D eigenvalue weighted by molar-refractivity contribution is -0.118. The Morgan fingerprint density at radius 1 is 1.09 bits per heavy atom. The van der Waals surface area contributed by atoms with Crippen LogP contribution in [0, 0.1) is 0 Å². The zero-order valence-corrected chi connectivity index (χ0v) is 14.4. The number of para-hydroxylation sites is 1. The molecule has 0 saturated heterocycles. The first-order valence-electron chi connectivity index (χ1n) is 7.83. The molecular weight excluding hydrogens is 306 g/mol. The molecule has 0 saturated carbocycles. The molecule has 0 spiro atoms. The monoisotopic (exact) mass is 329 g/mol. The molecule has 0 radical (unpaired) electrons. The van der Waals surface area contributed by atoms with Gasteiger partial charge in [-0.25, -0.2) is 0 Å². The van der Waals surface area contributed by atoms with Crippen molar-refractivity contribution < 1.29 is 9.53 Å². The molecule has 0 atom stereocenters. The zero-order valence-electron chi connectivity index (χ0n) is 13.6. The zero-order chi connectivity index (χ0) is 16.5. The Kier molecular flexibility index (Phi) is 7.01. The van der Waals surface area contributed by atoms with Gasteiger partial charge in [-0.15, -0.1) is 11.8 Å². The van der Waals surface area contributed by atoms with Crippen molar-refractivity contribution in [3.05, 3.63) is 60.2 Å². The van der Waals surface area contributed by atoms with Gasteiger partial charge < -0.3 is 10.1 Å². The van der Waals surface area contributed by atoms with Crippen LogP contribution in [-0.4, -0.2) is 24.8 Å². The molecule has 2 aromatic carbocycles. The molecule has 1 N–H and O–H groups in total. The summed E-state index contributed by atoms with van der Waals surface area (Å²) in [6.07, 6.45) is 0. The highest BCUT2D eigenvalue weighted by Crippen LogP contribution is 2.25. The van der Waals surface area contributed by atoms with Gasteiger partial charge in [-0.1, -0.05) is 50.2 Å². The third kappa shape index (κ3) is 5.99. The molecule has 4 heteroatoms. The highest BCUT2D eigenvalue weighted by atomic mass is 32.2. The molecule has 2 rings (SSSR count). The van der Waals surface area contributed by atoms with E-state index in [4.69, 9.17) is 4.74 Å². The van der Waals surface area contributed by atoms with E-state index in [1.807, 2.05) is 48.5 Å². The lowest BCUT2D eigenvalue weighted by Gasteiger charge is -2.14. The molecule has 3 nitrogen and oxygen atoms in total. The van der Waals surface area contributed by atoms with E-state index in [-0.39, 0.29) is 5.91 Å². The average molecular weight is 329 g/mol. The fourth-order valence-electron chi connectivity index (χ4n) is 2.16. The van der Waals surface area contributed by atoms with Crippen LogP contribution in [0.4, 0.5) is 0 Å². The van der Waals surface area contributed by atoms with E-state index in [2.05, 4.69) is 25.2 Å². The Balaban J connectivity index is 1.68. The predicted octanol–water partition coefficient (Wildman–Crippen LogP) is 4.10. The third-order valence-corrected chi connectivity index (χ3v) is 4.35. The molecule has 0 fully saturated rings. The van der Waals surface area contributed by atoms with Crippen LogP contribution in [0.25, 0.3) is 0 Å². The smallest absolute Gasteiger partial charge is 0.230 e. The summed E-state index contributed by atoms with van der Waals surface area (Å²) in [6, 6.07) is 18.0. The molecule has 0 unspecified atom stereocenters. The predicted molar refractivity (Wildman–Crippen MR) is 96.2 cm³/mol. The molecule has 122 valence electrons. The van der Waals surface area contributed by atoms with E-state index in [9.17, 15) is 4.79 Å². The standard InChI is InChI=1S/C19H23NO2S/c1-15(2)17-10-6-7-11-18(17)22-13-12-20-19(21)14-23-16-8-4-3-5-9-16/h3-11,15H,12-14H2,1-2H3,(H,20,21). The molecule has 0 aliphatic heterocycles. The quantitative estimate of drug-likeness (QED) is 0.585. The molecule has 0 aliphatic carbocycles. The Hall–Kier alpha value is -1.94. The second kappa shape index (κ2) is 9.26. The second-order valence-electron chi connectivity index (χ2n) is 5.49. The van der Waals surface area contributed by atoms with Gasteiger partial charge in [0, 0.05) is 4.90 Å². The van der Waals surface area contributed by atoms with Crippen molar-refractivity contribution in [1.82, 2.24) is 5.32 Å². The Morgan fingerprint density at radius 2 is 1.78 bits per heavy atom. The summed E-state index contributed by atoms with van der Waals surface area (Å²) in [5.74, 6) is 1.77. The summed E-state index contributed by atoms with van der Waals surface area (Å²) < 4.78 is 5.79. The molecule has 2 aromatic rings. The first-order chi connectivity index (χ1) is 11.2. The summed E-state index contributed by atoms with van der Waals surface area (Å²) in [5.41, 5.74) is 1.19. The van der Waals surface area contributed by atoms with E-state index in [1.165, 1.54) is 17.3 Å². The first-order valence-corrected chi connectivity index (χ1v) is 8.81. The van der Waals surface area contributed by atoms with E-state index in [0.29, 0.717) is 24.8 Å². The lowest BCUT2D eigenvalue weighted by atomic mass is 10.0. The maximum Gasteiger partial charge on any atom is 0.230 e. The van der Waals surface area contributed by atoms with Crippen molar-refractivity contribution in [1.29, 1.82) is 0 Å². The van der Waals surface area contributed by atoms with Crippen molar-refractivity contribution in [2.24, 2.45) is 0 Å². The maximum absolute atomic E-state index is 11.8. The van der Waals surface area contributed by atoms with Gasteiger partial charge in [0.2, 0.25) is 5.91 Å². The van der Waals surface area contributed by atoms with E-state index < -0.39 is 0 Å². The number of ether oxygens (including phenoxy) is 1. The van der Waals surface area contributed by atoms with Crippen molar-refractivity contribution in [3.63, 3.8) is 0 Å². The number of benzene rings is 2. The molecule has 23 heavy (non-hydrogen) atoms. The number of carbonyl (C=O) groups is 1. The maximum atomic E-state index is 11.8. The van der Waals surface area contributed by atoms with Crippen molar-refractivity contribution in [3.8, 4) is 5.75 Å². The SMILES string of the molecule is CC(C)c1ccccc1OCCNC(=O)CSc1ccccc1. The van der Waals surface area contributed by atoms with E-state index in [1.54, 1.807) is 0 Å². The van der Waals surface area contributed by atoms with Gasteiger partial charge >= 0.3 is 0 Å². The van der Waals surface area contributed by atoms with Crippen molar-refractivity contribution in [2.75, 3.05) is 18.9 Å². The number of carbonyl (C=O) groups excluding carboxylic acids is 1.